The van der Waals surface area contributed by atoms with Crippen LogP contribution in [0.3, 0.4) is 0 Å². The summed E-state index contributed by atoms with van der Waals surface area (Å²) in [4.78, 5) is 30.2. The van der Waals surface area contributed by atoms with Gasteiger partial charge in [0.05, 0.1) is 23.6 Å². The topological polar surface area (TPSA) is 64.0 Å². The molecule has 1 amide bonds. The zero-order valence-corrected chi connectivity index (χ0v) is 17.7. The predicted molar refractivity (Wildman–Crippen MR) is 116 cm³/mol. The smallest absolute Gasteiger partial charge is 0.223 e. The van der Waals surface area contributed by atoms with Gasteiger partial charge in [-0.25, -0.2) is 4.98 Å². The SMILES string of the molecule is CCC(CC)C(=O)NC(C)c1nc2ccccc2n1CC(=O)c1ccc(Cl)cc1. The van der Waals surface area contributed by atoms with Crippen LogP contribution < -0.4 is 5.32 Å². The number of aromatic nitrogens is 2. The fourth-order valence-electron chi connectivity index (χ4n) is 3.52. The molecule has 3 rings (SSSR count). The average molecular weight is 412 g/mol. The first-order valence-electron chi connectivity index (χ1n) is 9.98. The number of carbonyl (C=O) groups excluding carboxylic acids is 2. The summed E-state index contributed by atoms with van der Waals surface area (Å²) in [6.45, 7) is 6.07. The van der Waals surface area contributed by atoms with Gasteiger partial charge in [0.15, 0.2) is 5.78 Å². The standard InChI is InChI=1S/C23H26ClN3O2/c1-4-16(5-2)23(29)25-15(3)22-26-19-8-6-7-9-20(19)27(22)14-21(28)17-10-12-18(24)13-11-17/h6-13,15-16H,4-5,14H2,1-3H3,(H,25,29). The first kappa shape index (κ1) is 21.1. The second kappa shape index (κ2) is 9.23. The number of halogens is 1. The summed E-state index contributed by atoms with van der Waals surface area (Å²) in [7, 11) is 0. The molecule has 1 heterocycles. The third-order valence-corrected chi connectivity index (χ3v) is 5.51. The fraction of sp³-hybridized carbons (Fsp3) is 0.348. The van der Waals surface area contributed by atoms with E-state index in [2.05, 4.69) is 5.32 Å². The van der Waals surface area contributed by atoms with Crippen molar-refractivity contribution in [2.45, 2.75) is 46.2 Å². The molecule has 0 aliphatic carbocycles. The molecule has 0 fully saturated rings. The van der Waals surface area contributed by atoms with E-state index >= 15 is 0 Å². The van der Waals surface area contributed by atoms with Crippen molar-refractivity contribution in [3.63, 3.8) is 0 Å². The summed E-state index contributed by atoms with van der Waals surface area (Å²) in [6.07, 6.45) is 1.58. The quantitative estimate of drug-likeness (QED) is 0.519. The van der Waals surface area contributed by atoms with Gasteiger partial charge in [-0.1, -0.05) is 37.6 Å². The average Bonchev–Trinajstić information content (AvgIpc) is 3.08. The summed E-state index contributed by atoms with van der Waals surface area (Å²) in [5.41, 5.74) is 2.26. The Labute approximate surface area is 176 Å². The van der Waals surface area contributed by atoms with Gasteiger partial charge in [-0.15, -0.1) is 0 Å². The highest BCUT2D eigenvalue weighted by Crippen LogP contribution is 2.23. The molecule has 2 aromatic carbocycles. The highest BCUT2D eigenvalue weighted by Gasteiger charge is 2.22. The number of nitrogens with one attached hydrogen (secondary N) is 1. The first-order valence-corrected chi connectivity index (χ1v) is 10.4. The Morgan fingerprint density at radius 2 is 1.72 bits per heavy atom. The number of rotatable bonds is 8. The van der Waals surface area contributed by atoms with Crippen molar-refractivity contribution in [1.29, 1.82) is 0 Å². The number of benzene rings is 2. The van der Waals surface area contributed by atoms with E-state index in [1.54, 1.807) is 24.3 Å². The molecule has 152 valence electrons. The number of fused-ring (bicyclic) bond motifs is 1. The lowest BCUT2D eigenvalue weighted by molar-refractivity contribution is -0.125. The van der Waals surface area contributed by atoms with Crippen molar-refractivity contribution in [3.05, 3.63) is 64.9 Å². The van der Waals surface area contributed by atoms with Crippen molar-refractivity contribution < 1.29 is 9.59 Å². The molecule has 0 spiro atoms. The molecule has 1 atom stereocenters. The largest absolute Gasteiger partial charge is 0.346 e. The van der Waals surface area contributed by atoms with Gasteiger partial charge in [0, 0.05) is 16.5 Å². The van der Waals surface area contributed by atoms with Crippen molar-refractivity contribution in [1.82, 2.24) is 14.9 Å². The summed E-state index contributed by atoms with van der Waals surface area (Å²) >= 11 is 5.94. The van der Waals surface area contributed by atoms with Crippen LogP contribution in [0.2, 0.25) is 5.02 Å². The molecule has 6 heteroatoms. The maximum absolute atomic E-state index is 12.9. The molecule has 1 aromatic heterocycles. The van der Waals surface area contributed by atoms with Crippen LogP contribution in [0.1, 0.15) is 55.8 Å². The van der Waals surface area contributed by atoms with Gasteiger partial charge in [-0.2, -0.15) is 0 Å². The second-order valence-electron chi connectivity index (χ2n) is 7.22. The molecule has 0 aliphatic heterocycles. The monoisotopic (exact) mass is 411 g/mol. The van der Waals surface area contributed by atoms with Crippen LogP contribution in [0.15, 0.2) is 48.5 Å². The third kappa shape index (κ3) is 4.67. The molecule has 5 nitrogen and oxygen atoms in total. The van der Waals surface area contributed by atoms with Gasteiger partial charge in [-0.05, 0) is 56.2 Å². The zero-order valence-electron chi connectivity index (χ0n) is 17.0. The second-order valence-corrected chi connectivity index (χ2v) is 7.66. The summed E-state index contributed by atoms with van der Waals surface area (Å²) in [6, 6.07) is 14.2. The number of carbonyl (C=O) groups is 2. The van der Waals surface area contributed by atoms with Crippen LogP contribution in [0.5, 0.6) is 0 Å². The number of hydrogen-bond acceptors (Lipinski definition) is 3. The molecule has 0 aliphatic rings. The van der Waals surface area contributed by atoms with E-state index in [1.165, 1.54) is 0 Å². The van der Waals surface area contributed by atoms with Gasteiger partial charge in [0.2, 0.25) is 5.91 Å². The molecular formula is C23H26ClN3O2. The Hall–Kier alpha value is -2.66. The van der Waals surface area contributed by atoms with Crippen LogP contribution in [-0.2, 0) is 11.3 Å². The van der Waals surface area contributed by atoms with Crippen molar-refractivity contribution in [2.75, 3.05) is 0 Å². The number of ketones is 1. The molecule has 1 unspecified atom stereocenters. The van der Waals surface area contributed by atoms with Crippen LogP contribution >= 0.6 is 11.6 Å². The Balaban J connectivity index is 1.92. The number of imidazole rings is 1. The van der Waals surface area contributed by atoms with Crippen molar-refractivity contribution in [2.24, 2.45) is 5.92 Å². The lowest BCUT2D eigenvalue weighted by atomic mass is 10.0. The van der Waals surface area contributed by atoms with Gasteiger partial charge in [0.1, 0.15) is 5.82 Å². The molecule has 0 radical (unpaired) electrons. The van der Waals surface area contributed by atoms with Crippen molar-refractivity contribution >= 4 is 34.3 Å². The van der Waals surface area contributed by atoms with Crippen LogP contribution in [0.25, 0.3) is 11.0 Å². The molecular weight excluding hydrogens is 386 g/mol. The van der Waals surface area contributed by atoms with Gasteiger partial charge < -0.3 is 9.88 Å². The Bertz CT molecular complexity index is 1010. The van der Waals surface area contributed by atoms with Crippen molar-refractivity contribution in [3.8, 4) is 0 Å². The molecule has 1 N–H and O–H groups in total. The van der Waals surface area contributed by atoms with E-state index in [4.69, 9.17) is 16.6 Å². The van der Waals surface area contributed by atoms with E-state index in [9.17, 15) is 9.59 Å². The van der Waals surface area contributed by atoms with Gasteiger partial charge in [0.25, 0.3) is 0 Å². The Morgan fingerprint density at radius 3 is 2.38 bits per heavy atom. The highest BCUT2D eigenvalue weighted by molar-refractivity contribution is 6.30. The first-order chi connectivity index (χ1) is 13.9. The minimum Gasteiger partial charge on any atom is -0.346 e. The van der Waals surface area contributed by atoms with Crippen LogP contribution in [-0.4, -0.2) is 21.2 Å². The molecule has 3 aromatic rings. The fourth-order valence-corrected chi connectivity index (χ4v) is 3.64. The molecule has 0 saturated heterocycles. The van der Waals surface area contributed by atoms with Gasteiger partial charge >= 0.3 is 0 Å². The highest BCUT2D eigenvalue weighted by atomic mass is 35.5. The summed E-state index contributed by atoms with van der Waals surface area (Å²) in [5.74, 6) is 0.633. The number of Topliss-reactive ketones (excluding diaryl/α,β-unsaturated/α-hetero) is 1. The maximum Gasteiger partial charge on any atom is 0.223 e. The zero-order chi connectivity index (χ0) is 21.0. The molecule has 0 bridgehead atoms. The van der Waals surface area contributed by atoms with E-state index < -0.39 is 0 Å². The third-order valence-electron chi connectivity index (χ3n) is 5.25. The molecule has 0 saturated carbocycles. The van der Waals surface area contributed by atoms with E-state index in [0.717, 1.165) is 23.9 Å². The van der Waals surface area contributed by atoms with E-state index in [-0.39, 0.29) is 30.2 Å². The number of hydrogen-bond donors (Lipinski definition) is 1. The van der Waals surface area contributed by atoms with Gasteiger partial charge in [-0.3, -0.25) is 9.59 Å². The lowest BCUT2D eigenvalue weighted by Crippen LogP contribution is -2.34. The van der Waals surface area contributed by atoms with E-state index in [1.807, 2.05) is 49.6 Å². The number of para-hydroxylation sites is 2. The van der Waals surface area contributed by atoms with Crippen LogP contribution in [0.4, 0.5) is 0 Å². The number of nitrogens with zero attached hydrogens (tertiary/aromatic N) is 2. The lowest BCUT2D eigenvalue weighted by Gasteiger charge is -2.19. The van der Waals surface area contributed by atoms with Crippen LogP contribution in [0, 0.1) is 5.92 Å². The Morgan fingerprint density at radius 1 is 1.07 bits per heavy atom. The minimum atomic E-state index is -0.312. The predicted octanol–water partition coefficient (Wildman–Crippen LogP) is 5.19. The summed E-state index contributed by atoms with van der Waals surface area (Å²) in [5, 5.41) is 3.66. The maximum atomic E-state index is 12.9. The van der Waals surface area contributed by atoms with E-state index in [0.29, 0.717) is 16.4 Å². The summed E-state index contributed by atoms with van der Waals surface area (Å²) < 4.78 is 1.89. The minimum absolute atomic E-state index is 0.0186. The normalized spacial score (nSPS) is 12.3. The molecule has 29 heavy (non-hydrogen) atoms. The Kier molecular flexibility index (Phi) is 6.70. The number of amides is 1.